The molecule has 0 amide bonds. The number of ether oxygens (including phenoxy) is 2. The molecule has 0 unspecified atom stereocenters. The van der Waals surface area contributed by atoms with E-state index in [1.807, 2.05) is 79.9 Å². The van der Waals surface area contributed by atoms with E-state index in [2.05, 4.69) is 11.1 Å². The van der Waals surface area contributed by atoms with E-state index in [-0.39, 0.29) is 11.6 Å². The lowest BCUT2D eigenvalue weighted by Gasteiger charge is -2.12. The molecule has 0 radical (unpaired) electrons. The van der Waals surface area contributed by atoms with Crippen LogP contribution in [-0.2, 0) is 0 Å². The molecule has 3 aromatic carbocycles. The summed E-state index contributed by atoms with van der Waals surface area (Å²) in [5.41, 5.74) is 6.61. The van der Waals surface area contributed by atoms with Gasteiger partial charge in [0, 0.05) is 46.4 Å². The number of methoxy groups -OCH3 is 2. The van der Waals surface area contributed by atoms with Crippen molar-refractivity contribution in [3.63, 3.8) is 0 Å². The van der Waals surface area contributed by atoms with Crippen LogP contribution in [0, 0.1) is 42.2 Å². The molecule has 5 aromatic rings. The fourth-order valence-electron chi connectivity index (χ4n) is 4.96. The predicted molar refractivity (Wildman–Crippen MR) is 161 cm³/mol. The number of nitro groups is 1. The second-order valence-corrected chi connectivity index (χ2v) is 9.70. The second kappa shape index (κ2) is 11.5. The number of aromatic nitrogens is 1. The summed E-state index contributed by atoms with van der Waals surface area (Å²) >= 11 is 0. The van der Waals surface area contributed by atoms with Gasteiger partial charge in [-0.25, -0.2) is 4.99 Å². The number of aliphatic imine (C=N–C) groups is 1. The molecule has 0 aliphatic rings. The smallest absolute Gasteiger partial charge is 0.271 e. The molecule has 0 N–H and O–H groups in total. The molecular weight excluding hydrogens is 532 g/mol. The van der Waals surface area contributed by atoms with Crippen molar-refractivity contribution in [2.45, 2.75) is 20.8 Å². The Bertz CT molecular complexity index is 1860. The Morgan fingerprint density at radius 1 is 0.929 bits per heavy atom. The number of furan rings is 1. The molecule has 0 fully saturated rings. The lowest BCUT2D eigenvalue weighted by Crippen LogP contribution is -2.03. The zero-order valence-electron chi connectivity index (χ0n) is 23.8. The molecule has 5 rings (SSSR count). The summed E-state index contributed by atoms with van der Waals surface area (Å²) in [6, 6.07) is 23.8. The average molecular weight is 561 g/mol. The maximum absolute atomic E-state index is 11.4. The van der Waals surface area contributed by atoms with Crippen molar-refractivity contribution in [3.8, 4) is 45.7 Å². The monoisotopic (exact) mass is 560 g/mol. The van der Waals surface area contributed by atoms with Crippen LogP contribution >= 0.6 is 0 Å². The highest BCUT2D eigenvalue weighted by Gasteiger charge is 2.23. The van der Waals surface area contributed by atoms with Gasteiger partial charge in [-0.05, 0) is 74.4 Å². The van der Waals surface area contributed by atoms with Gasteiger partial charge in [0.1, 0.15) is 28.9 Å². The number of rotatable bonds is 8. The number of nitriles is 1. The number of aryl methyl sites for hydroxylation is 2. The van der Waals surface area contributed by atoms with Gasteiger partial charge in [0.2, 0.25) is 5.88 Å². The molecule has 9 heteroatoms. The third kappa shape index (κ3) is 5.13. The molecule has 42 heavy (non-hydrogen) atoms. The van der Waals surface area contributed by atoms with Gasteiger partial charge in [-0.15, -0.1) is 0 Å². The zero-order chi connectivity index (χ0) is 30.0. The molecule has 0 saturated carbocycles. The van der Waals surface area contributed by atoms with E-state index >= 15 is 0 Å². The Morgan fingerprint density at radius 2 is 1.55 bits per heavy atom. The number of non-ortho nitro benzene ring substituents is 1. The Morgan fingerprint density at radius 3 is 2.12 bits per heavy atom. The fraction of sp³-hybridized carbons (Fsp3) is 0.152. The summed E-state index contributed by atoms with van der Waals surface area (Å²) in [5.74, 6) is 2.07. The highest BCUT2D eigenvalue weighted by molar-refractivity contribution is 5.90. The van der Waals surface area contributed by atoms with Crippen LogP contribution in [0.1, 0.15) is 28.1 Å². The second-order valence-electron chi connectivity index (χ2n) is 9.70. The highest BCUT2D eigenvalue weighted by Crippen LogP contribution is 2.43. The van der Waals surface area contributed by atoms with E-state index in [1.165, 1.54) is 6.07 Å². The molecule has 0 aliphatic carbocycles. The van der Waals surface area contributed by atoms with Crippen molar-refractivity contribution in [1.82, 2.24) is 4.57 Å². The third-order valence-electron chi connectivity index (χ3n) is 7.17. The first-order valence-corrected chi connectivity index (χ1v) is 13.1. The number of hydrogen-bond acceptors (Lipinski definition) is 7. The molecule has 9 nitrogen and oxygen atoms in total. The van der Waals surface area contributed by atoms with E-state index in [1.54, 1.807) is 32.6 Å². The van der Waals surface area contributed by atoms with E-state index in [0.717, 1.165) is 39.3 Å². The Hall–Kier alpha value is -5.62. The topological polar surface area (TPSA) is 116 Å². The first kappa shape index (κ1) is 27.9. The Balaban J connectivity index is 1.62. The first-order valence-electron chi connectivity index (χ1n) is 13.1. The fourth-order valence-corrected chi connectivity index (χ4v) is 4.96. The minimum Gasteiger partial charge on any atom is -0.497 e. The molecule has 0 saturated heterocycles. The molecule has 2 aromatic heterocycles. The van der Waals surface area contributed by atoms with Gasteiger partial charge in [0.15, 0.2) is 0 Å². The summed E-state index contributed by atoms with van der Waals surface area (Å²) in [4.78, 5) is 15.7. The standard InChI is InChI=1S/C33H28N4O5/c1-20-6-11-26(37(38)39)17-30(20)36-21(2)16-25(22(36)3)19-35-33-29(18-34)31(23-7-12-27(40-4)13-8-23)32(42-33)24-9-14-28(41-5)15-10-24/h6-17,19H,1-5H3. The lowest BCUT2D eigenvalue weighted by atomic mass is 9.98. The van der Waals surface area contributed by atoms with Crippen LogP contribution in [0.5, 0.6) is 11.5 Å². The van der Waals surface area contributed by atoms with E-state index in [4.69, 9.17) is 13.9 Å². The summed E-state index contributed by atoms with van der Waals surface area (Å²) < 4.78 is 18.9. The van der Waals surface area contributed by atoms with Gasteiger partial charge in [-0.3, -0.25) is 10.1 Å². The summed E-state index contributed by atoms with van der Waals surface area (Å²) in [7, 11) is 3.20. The number of nitrogens with zero attached hydrogens (tertiary/aromatic N) is 4. The Kier molecular flexibility index (Phi) is 7.63. The average Bonchev–Trinajstić information content (AvgIpc) is 3.51. The van der Waals surface area contributed by atoms with Gasteiger partial charge < -0.3 is 18.5 Å². The van der Waals surface area contributed by atoms with Crippen LogP contribution < -0.4 is 9.47 Å². The molecule has 0 aliphatic heterocycles. The SMILES string of the molecule is COc1ccc(-c2oc(N=Cc3cc(C)n(-c4cc([N+](=O)[O-])ccc4C)c3C)c(C#N)c2-c2ccc(OC)cc2)cc1. The zero-order valence-corrected chi connectivity index (χ0v) is 23.8. The molecule has 210 valence electrons. The van der Waals surface area contributed by atoms with E-state index in [0.29, 0.717) is 28.4 Å². The van der Waals surface area contributed by atoms with Gasteiger partial charge in [0.25, 0.3) is 5.69 Å². The summed E-state index contributed by atoms with van der Waals surface area (Å²) in [5, 5.41) is 21.7. The molecule has 0 spiro atoms. The van der Waals surface area contributed by atoms with Crippen molar-refractivity contribution in [3.05, 3.63) is 111 Å². The third-order valence-corrected chi connectivity index (χ3v) is 7.17. The van der Waals surface area contributed by atoms with Gasteiger partial charge in [-0.2, -0.15) is 5.26 Å². The van der Waals surface area contributed by atoms with Crippen molar-refractivity contribution in [2.75, 3.05) is 14.2 Å². The van der Waals surface area contributed by atoms with Gasteiger partial charge in [-0.1, -0.05) is 18.2 Å². The number of hydrogen-bond donors (Lipinski definition) is 0. The number of benzene rings is 3. The normalized spacial score (nSPS) is 11.0. The molecular formula is C33H28N4O5. The number of nitro benzene ring substituents is 1. The van der Waals surface area contributed by atoms with Crippen molar-refractivity contribution < 1.29 is 18.8 Å². The summed E-state index contributed by atoms with van der Waals surface area (Å²) in [6.45, 7) is 5.76. The van der Waals surface area contributed by atoms with Crippen LogP contribution in [0.15, 0.2) is 82.2 Å². The van der Waals surface area contributed by atoms with E-state index in [9.17, 15) is 15.4 Å². The summed E-state index contributed by atoms with van der Waals surface area (Å²) in [6.07, 6.45) is 1.65. The maximum Gasteiger partial charge on any atom is 0.271 e. The van der Waals surface area contributed by atoms with Crippen molar-refractivity contribution >= 4 is 17.8 Å². The quantitative estimate of drug-likeness (QED) is 0.108. The van der Waals surface area contributed by atoms with Crippen LogP contribution in [0.4, 0.5) is 11.6 Å². The molecule has 2 heterocycles. The first-order chi connectivity index (χ1) is 20.2. The minimum atomic E-state index is -0.402. The maximum atomic E-state index is 11.4. The van der Waals surface area contributed by atoms with Crippen LogP contribution in [0.25, 0.3) is 28.1 Å². The lowest BCUT2D eigenvalue weighted by molar-refractivity contribution is -0.384. The van der Waals surface area contributed by atoms with Crippen LogP contribution in [0.3, 0.4) is 0 Å². The van der Waals surface area contributed by atoms with Crippen molar-refractivity contribution in [2.24, 2.45) is 4.99 Å². The predicted octanol–water partition coefficient (Wildman–Crippen LogP) is 7.88. The van der Waals surface area contributed by atoms with Gasteiger partial charge in [0.05, 0.1) is 24.8 Å². The largest absolute Gasteiger partial charge is 0.497 e. The minimum absolute atomic E-state index is 0.0182. The highest BCUT2D eigenvalue weighted by atomic mass is 16.6. The molecule has 0 atom stereocenters. The Labute approximate surface area is 243 Å². The molecule has 0 bridgehead atoms. The van der Waals surface area contributed by atoms with Crippen LogP contribution in [-0.4, -0.2) is 29.9 Å². The van der Waals surface area contributed by atoms with Crippen LogP contribution in [0.2, 0.25) is 0 Å². The van der Waals surface area contributed by atoms with Crippen molar-refractivity contribution in [1.29, 1.82) is 5.26 Å². The van der Waals surface area contributed by atoms with E-state index < -0.39 is 4.92 Å². The van der Waals surface area contributed by atoms with Gasteiger partial charge >= 0.3 is 0 Å².